The largest absolute Gasteiger partial charge is 0.481 e. The number of fused-ring (bicyclic) bond motifs is 1. The van der Waals surface area contributed by atoms with Crippen LogP contribution in [0.15, 0.2) is 54.6 Å². The second kappa shape index (κ2) is 8.96. The van der Waals surface area contributed by atoms with Gasteiger partial charge in [-0.25, -0.2) is 4.39 Å². The number of benzene rings is 2. The van der Waals surface area contributed by atoms with E-state index in [4.69, 9.17) is 15.2 Å². The Hall–Kier alpha value is -3.09. The highest BCUT2D eigenvalue weighted by molar-refractivity contribution is 5.99. The second-order valence-electron chi connectivity index (χ2n) is 8.04. The lowest BCUT2D eigenvalue weighted by Gasteiger charge is -2.16. The third-order valence-corrected chi connectivity index (χ3v) is 5.49. The summed E-state index contributed by atoms with van der Waals surface area (Å²) < 4.78 is 13.6. The maximum atomic E-state index is 13.6. The Morgan fingerprint density at radius 1 is 1.19 bits per heavy atom. The zero-order valence-corrected chi connectivity index (χ0v) is 17.0. The number of halogens is 1. The van der Waals surface area contributed by atoms with Crippen molar-refractivity contribution in [2.75, 3.05) is 0 Å². The number of nitrogens with zero attached hydrogens (tertiary/aromatic N) is 1. The molecule has 1 aliphatic carbocycles. The van der Waals surface area contributed by atoms with Gasteiger partial charge in [0.25, 0.3) is 0 Å². The van der Waals surface area contributed by atoms with Gasteiger partial charge in [0.2, 0.25) is 0 Å². The Labute approximate surface area is 179 Å². The Morgan fingerprint density at radius 2 is 1.90 bits per heavy atom. The molecule has 0 unspecified atom stereocenters. The highest BCUT2D eigenvalue weighted by atomic mass is 19.1. The van der Waals surface area contributed by atoms with Crippen molar-refractivity contribution in [2.24, 2.45) is 0 Å². The molecule has 6 heteroatoms. The van der Waals surface area contributed by atoms with E-state index in [0.29, 0.717) is 5.92 Å². The number of rotatable bonds is 8. The first-order valence-electron chi connectivity index (χ1n) is 10.4. The molecule has 4 rings (SSSR count). The number of pyridine rings is 1. The molecule has 1 aliphatic rings. The van der Waals surface area contributed by atoms with E-state index in [2.05, 4.69) is 0 Å². The van der Waals surface area contributed by atoms with Gasteiger partial charge in [0.1, 0.15) is 5.82 Å². The van der Waals surface area contributed by atoms with E-state index in [1.54, 1.807) is 18.2 Å². The first kappa shape index (κ1) is 21.2. The summed E-state index contributed by atoms with van der Waals surface area (Å²) in [4.78, 5) is 15.7. The molecule has 0 spiro atoms. The van der Waals surface area contributed by atoms with E-state index in [9.17, 15) is 14.3 Å². The van der Waals surface area contributed by atoms with Crippen LogP contribution >= 0.6 is 0 Å². The molecule has 2 aromatic carbocycles. The highest BCUT2D eigenvalue weighted by Crippen LogP contribution is 2.45. The van der Waals surface area contributed by atoms with Gasteiger partial charge < -0.3 is 15.3 Å². The van der Waals surface area contributed by atoms with E-state index in [0.717, 1.165) is 46.1 Å². The van der Waals surface area contributed by atoms with Gasteiger partial charge in [-0.2, -0.15) is 0 Å². The minimum atomic E-state index is -1.09. The van der Waals surface area contributed by atoms with Crippen LogP contribution in [-0.2, 0) is 4.79 Å². The van der Waals surface area contributed by atoms with Crippen LogP contribution in [-0.4, -0.2) is 38.5 Å². The maximum Gasteiger partial charge on any atom is 0.305 e. The number of carboxylic acid groups (broad SMARTS) is 1. The van der Waals surface area contributed by atoms with Gasteiger partial charge in [-0.3, -0.25) is 9.78 Å². The van der Waals surface area contributed by atoms with E-state index in [1.165, 1.54) is 12.1 Å². The molecule has 160 valence electrons. The molecule has 3 aromatic rings. The first-order valence-corrected chi connectivity index (χ1v) is 10.4. The number of aliphatic carboxylic acids is 1. The molecule has 5 nitrogen and oxygen atoms in total. The number of aliphatic hydroxyl groups excluding tert-OH is 1. The van der Waals surface area contributed by atoms with E-state index in [1.807, 2.05) is 30.3 Å². The Morgan fingerprint density at radius 3 is 2.58 bits per heavy atom. The van der Waals surface area contributed by atoms with Crippen LogP contribution in [0.25, 0.3) is 28.1 Å². The van der Waals surface area contributed by atoms with Crippen LogP contribution < -0.4 is 0 Å². The first-order chi connectivity index (χ1) is 14.9. The molecule has 4 N–H and O–H groups in total. The van der Waals surface area contributed by atoms with Crippen molar-refractivity contribution >= 4 is 22.9 Å². The quantitative estimate of drug-likeness (QED) is 0.531. The molecule has 0 aliphatic heterocycles. The van der Waals surface area contributed by atoms with Gasteiger partial charge in [-0.1, -0.05) is 30.3 Å². The number of hydrogen-bond acceptors (Lipinski definition) is 3. The third-order valence-electron chi connectivity index (χ3n) is 5.49. The minimum Gasteiger partial charge on any atom is -0.481 e. The van der Waals surface area contributed by atoms with E-state index in [-0.39, 0.29) is 18.7 Å². The van der Waals surface area contributed by atoms with Crippen LogP contribution in [0, 0.1) is 5.82 Å². The Kier molecular flexibility index (Phi) is 6.11. The van der Waals surface area contributed by atoms with Gasteiger partial charge in [0.05, 0.1) is 23.7 Å². The molecule has 1 saturated carbocycles. The molecule has 0 radical (unpaired) electrons. The fourth-order valence-electron chi connectivity index (χ4n) is 3.88. The predicted molar refractivity (Wildman–Crippen MR) is 118 cm³/mol. The van der Waals surface area contributed by atoms with Crippen molar-refractivity contribution in [2.45, 2.75) is 43.8 Å². The molecule has 1 heterocycles. The molecule has 1 aromatic heterocycles. The van der Waals surface area contributed by atoms with Crippen LogP contribution in [0.2, 0.25) is 0 Å². The predicted octanol–water partition coefficient (Wildman–Crippen LogP) is 4.25. The fraction of sp³-hybridized carbons (Fsp3) is 0.280. The Balaban J connectivity index is 1.79. The van der Waals surface area contributed by atoms with Crippen molar-refractivity contribution < 1.29 is 24.5 Å². The van der Waals surface area contributed by atoms with Crippen LogP contribution in [0.1, 0.15) is 42.9 Å². The van der Waals surface area contributed by atoms with E-state index < -0.39 is 18.2 Å². The summed E-state index contributed by atoms with van der Waals surface area (Å²) in [6.07, 6.45) is 3.47. The third kappa shape index (κ3) is 4.98. The lowest BCUT2D eigenvalue weighted by molar-refractivity contribution is -0.139. The molecular weight excluding hydrogens is 397 g/mol. The van der Waals surface area contributed by atoms with Crippen molar-refractivity contribution in [3.63, 3.8) is 0 Å². The standard InChI is InChI=1S/C25H24FNO4/c26-17-9-7-15(8-10-17)24-20-3-1-2-4-22(20)27-25(16-5-6-16)21(24)12-11-18(28)13-19(29)14-23(30)31/h1-4,7-12,16,18-19,28-29H,5-6,13-14H2,(H,30,31)/p+1/b12-11+/t18-,19-/m1/s1. The maximum absolute atomic E-state index is 13.6. The SMILES string of the molecule is O=C(O)C[C@H](O)C[C@H]([OH2+])/C=C/c1c(C2CC2)nc2ccccc2c1-c1ccc(F)cc1. The number of para-hydroxylation sites is 1. The van der Waals surface area contributed by atoms with Gasteiger partial charge in [0.15, 0.2) is 6.10 Å². The molecular formula is C25H25FNO4+. The molecule has 0 bridgehead atoms. The van der Waals surface area contributed by atoms with Crippen molar-refractivity contribution in [1.82, 2.24) is 4.98 Å². The van der Waals surface area contributed by atoms with Crippen molar-refractivity contribution in [3.8, 4) is 11.1 Å². The van der Waals surface area contributed by atoms with Crippen LogP contribution in [0.3, 0.4) is 0 Å². The number of aromatic nitrogens is 1. The fourth-order valence-corrected chi connectivity index (χ4v) is 3.88. The van der Waals surface area contributed by atoms with Crippen molar-refractivity contribution in [1.29, 1.82) is 0 Å². The number of carboxylic acids is 1. The average Bonchev–Trinajstić information content (AvgIpc) is 3.56. The summed E-state index contributed by atoms with van der Waals surface area (Å²) in [7, 11) is 0. The summed E-state index contributed by atoms with van der Waals surface area (Å²) in [5.41, 5.74) is 4.56. The minimum absolute atomic E-state index is 0.0362. The number of carbonyl (C=O) groups is 1. The lowest BCUT2D eigenvalue weighted by atomic mass is 9.92. The topological polar surface area (TPSA) is 93.3 Å². The van der Waals surface area contributed by atoms with Crippen LogP contribution in [0.4, 0.5) is 4.39 Å². The summed E-state index contributed by atoms with van der Waals surface area (Å²) in [6, 6.07) is 14.2. The zero-order chi connectivity index (χ0) is 22.0. The molecule has 31 heavy (non-hydrogen) atoms. The number of hydrogen-bond donors (Lipinski definition) is 2. The van der Waals surface area contributed by atoms with Crippen molar-refractivity contribution in [3.05, 3.63) is 71.7 Å². The van der Waals surface area contributed by atoms with Crippen LogP contribution in [0.5, 0.6) is 0 Å². The summed E-state index contributed by atoms with van der Waals surface area (Å²) >= 11 is 0. The Bertz CT molecular complexity index is 1120. The second-order valence-corrected chi connectivity index (χ2v) is 8.04. The summed E-state index contributed by atoms with van der Waals surface area (Å²) in [5.74, 6) is -1.04. The molecule has 0 saturated heterocycles. The average molecular weight is 422 g/mol. The van der Waals surface area contributed by atoms with Gasteiger partial charge in [-0.05, 0) is 48.8 Å². The number of aliphatic hydroxyl groups is 1. The van der Waals surface area contributed by atoms with Gasteiger partial charge >= 0.3 is 5.97 Å². The summed E-state index contributed by atoms with van der Waals surface area (Å²) in [6.45, 7) is 0. The summed E-state index contributed by atoms with van der Waals surface area (Å²) in [5, 5.41) is 27.9. The monoisotopic (exact) mass is 422 g/mol. The van der Waals surface area contributed by atoms with E-state index >= 15 is 0 Å². The molecule has 1 fully saturated rings. The van der Waals surface area contributed by atoms with Gasteiger partial charge in [-0.15, -0.1) is 0 Å². The molecule has 2 atom stereocenters. The normalized spacial score (nSPS) is 16.0. The highest BCUT2D eigenvalue weighted by Gasteiger charge is 2.29. The molecule has 0 amide bonds. The lowest BCUT2D eigenvalue weighted by Crippen LogP contribution is -2.19. The van der Waals surface area contributed by atoms with Gasteiger partial charge in [0, 0.05) is 28.9 Å². The smallest absolute Gasteiger partial charge is 0.305 e. The zero-order valence-electron chi connectivity index (χ0n) is 17.0.